The number of nitrogens with one attached hydrogen (secondary N) is 1. The average Bonchev–Trinajstić information content (AvgIpc) is 2.67. The van der Waals surface area contributed by atoms with Crippen LogP contribution in [0.1, 0.15) is 44.6 Å². The van der Waals surface area contributed by atoms with Gasteiger partial charge in [-0.1, -0.05) is 76.2 Å². The summed E-state index contributed by atoms with van der Waals surface area (Å²) in [5.41, 5.74) is 1.29. The smallest absolute Gasteiger partial charge is 0.307 e. The molecule has 0 radical (unpaired) electrons. The summed E-state index contributed by atoms with van der Waals surface area (Å²) in [6.07, 6.45) is 0. The van der Waals surface area contributed by atoms with Crippen molar-refractivity contribution < 1.29 is 18.0 Å². The van der Waals surface area contributed by atoms with E-state index in [0.29, 0.717) is 6.54 Å². The standard InChI is InChI=1S/C22H31FNO3P/c1-17(2)15-26-28(25,27-16-18(3)4)22(20-12-8-9-13-21(20)23)24-14-19-10-6-5-7-11-19/h5-13,17-18,22,24H,14-16H2,1-4H3. The van der Waals surface area contributed by atoms with Gasteiger partial charge >= 0.3 is 7.60 Å². The summed E-state index contributed by atoms with van der Waals surface area (Å²) in [6, 6.07) is 16.0. The van der Waals surface area contributed by atoms with Gasteiger partial charge in [0.1, 0.15) is 11.6 Å². The van der Waals surface area contributed by atoms with Crippen molar-refractivity contribution in [2.75, 3.05) is 13.2 Å². The zero-order valence-corrected chi connectivity index (χ0v) is 18.0. The van der Waals surface area contributed by atoms with Crippen LogP contribution in [0.25, 0.3) is 0 Å². The van der Waals surface area contributed by atoms with Crippen LogP contribution < -0.4 is 5.32 Å². The van der Waals surface area contributed by atoms with E-state index in [-0.39, 0.29) is 30.6 Å². The Morgan fingerprint density at radius 1 is 0.893 bits per heavy atom. The molecule has 2 aromatic rings. The fourth-order valence-corrected chi connectivity index (χ4v) is 4.84. The van der Waals surface area contributed by atoms with Crippen LogP contribution >= 0.6 is 7.60 Å². The molecule has 2 rings (SSSR count). The van der Waals surface area contributed by atoms with E-state index in [1.807, 2.05) is 58.0 Å². The number of benzene rings is 2. The van der Waals surface area contributed by atoms with Gasteiger partial charge in [0.2, 0.25) is 0 Å². The number of rotatable bonds is 11. The Kier molecular flexibility index (Phi) is 8.84. The molecule has 0 aliphatic heterocycles. The SMILES string of the molecule is CC(C)COP(=O)(OCC(C)C)C(NCc1ccccc1)c1ccccc1F. The molecule has 0 aromatic heterocycles. The van der Waals surface area contributed by atoms with Crippen LogP contribution in [0.3, 0.4) is 0 Å². The zero-order chi connectivity index (χ0) is 20.6. The maximum Gasteiger partial charge on any atom is 0.352 e. The number of hydrogen-bond acceptors (Lipinski definition) is 4. The van der Waals surface area contributed by atoms with Crippen molar-refractivity contribution in [1.29, 1.82) is 0 Å². The number of halogens is 1. The molecular formula is C22H31FNO3P. The molecule has 0 aliphatic rings. The fraction of sp³-hybridized carbons (Fsp3) is 0.455. The molecule has 0 heterocycles. The van der Waals surface area contributed by atoms with Gasteiger partial charge in [0, 0.05) is 12.1 Å². The molecule has 0 saturated carbocycles. The van der Waals surface area contributed by atoms with E-state index in [2.05, 4.69) is 5.32 Å². The van der Waals surface area contributed by atoms with Gasteiger partial charge in [-0.25, -0.2) is 4.39 Å². The molecule has 0 aliphatic carbocycles. The van der Waals surface area contributed by atoms with Gasteiger partial charge in [0.25, 0.3) is 0 Å². The summed E-state index contributed by atoms with van der Waals surface area (Å²) in [6.45, 7) is 8.86. The summed E-state index contributed by atoms with van der Waals surface area (Å²) in [4.78, 5) is 0. The second kappa shape index (κ2) is 10.9. The highest BCUT2D eigenvalue weighted by Crippen LogP contribution is 2.60. The summed E-state index contributed by atoms with van der Waals surface area (Å²) in [5.74, 6) is -0.987. The third kappa shape index (κ3) is 6.82. The van der Waals surface area contributed by atoms with E-state index in [1.54, 1.807) is 18.2 Å². The first-order chi connectivity index (χ1) is 13.3. The van der Waals surface area contributed by atoms with E-state index in [1.165, 1.54) is 6.07 Å². The Labute approximate surface area is 168 Å². The van der Waals surface area contributed by atoms with Gasteiger partial charge in [-0.3, -0.25) is 9.88 Å². The lowest BCUT2D eigenvalue weighted by atomic mass is 10.2. The number of hydrogen-bond donors (Lipinski definition) is 1. The van der Waals surface area contributed by atoms with Crippen LogP contribution in [-0.4, -0.2) is 13.2 Å². The summed E-state index contributed by atoms with van der Waals surface area (Å²) in [5, 5.41) is 3.23. The van der Waals surface area contributed by atoms with E-state index in [9.17, 15) is 8.96 Å². The largest absolute Gasteiger partial charge is 0.352 e. The zero-order valence-electron chi connectivity index (χ0n) is 17.1. The predicted octanol–water partition coefficient (Wildman–Crippen LogP) is 6.15. The van der Waals surface area contributed by atoms with Crippen molar-refractivity contribution in [3.63, 3.8) is 0 Å². The molecule has 0 bridgehead atoms. The first-order valence-corrected chi connectivity index (χ1v) is 11.3. The third-order valence-electron chi connectivity index (χ3n) is 4.03. The van der Waals surface area contributed by atoms with Crippen LogP contribution in [0.5, 0.6) is 0 Å². The van der Waals surface area contributed by atoms with Gasteiger partial charge in [0.15, 0.2) is 0 Å². The third-order valence-corrected chi connectivity index (χ3v) is 6.15. The molecule has 28 heavy (non-hydrogen) atoms. The minimum atomic E-state index is -3.67. The van der Waals surface area contributed by atoms with E-state index in [4.69, 9.17) is 9.05 Å². The second-order valence-corrected chi connectivity index (χ2v) is 9.82. The van der Waals surface area contributed by atoms with Crippen molar-refractivity contribution in [1.82, 2.24) is 5.32 Å². The molecule has 0 saturated heterocycles. The van der Waals surface area contributed by atoms with E-state index < -0.39 is 19.2 Å². The van der Waals surface area contributed by atoms with Gasteiger partial charge in [-0.15, -0.1) is 0 Å². The molecule has 0 amide bonds. The van der Waals surface area contributed by atoms with E-state index >= 15 is 0 Å². The molecule has 4 nitrogen and oxygen atoms in total. The molecule has 0 spiro atoms. The Morgan fingerprint density at radius 2 is 1.43 bits per heavy atom. The Balaban J connectivity index is 2.36. The van der Waals surface area contributed by atoms with Gasteiger partial charge in [-0.05, 0) is 23.5 Å². The highest BCUT2D eigenvalue weighted by atomic mass is 31.2. The van der Waals surface area contributed by atoms with Crippen molar-refractivity contribution in [3.05, 3.63) is 71.5 Å². The second-order valence-electron chi connectivity index (χ2n) is 7.71. The molecule has 0 fully saturated rings. The van der Waals surface area contributed by atoms with Crippen LogP contribution in [0, 0.1) is 17.7 Å². The van der Waals surface area contributed by atoms with Crippen molar-refractivity contribution in [3.8, 4) is 0 Å². The molecular weight excluding hydrogens is 376 g/mol. The quantitative estimate of drug-likeness (QED) is 0.454. The minimum Gasteiger partial charge on any atom is -0.307 e. The first-order valence-electron chi connectivity index (χ1n) is 9.72. The summed E-state index contributed by atoms with van der Waals surface area (Å²) in [7, 11) is -3.67. The molecule has 1 atom stereocenters. The van der Waals surface area contributed by atoms with Crippen molar-refractivity contribution in [2.24, 2.45) is 11.8 Å². The normalized spacial score (nSPS) is 13.2. The van der Waals surface area contributed by atoms with Crippen molar-refractivity contribution in [2.45, 2.75) is 40.0 Å². The maximum atomic E-state index is 14.6. The van der Waals surface area contributed by atoms with Crippen LogP contribution in [0.15, 0.2) is 54.6 Å². The summed E-state index contributed by atoms with van der Waals surface area (Å²) < 4.78 is 40.1. The monoisotopic (exact) mass is 407 g/mol. The van der Waals surface area contributed by atoms with Gasteiger partial charge < -0.3 is 9.05 Å². The van der Waals surface area contributed by atoms with Crippen LogP contribution in [0.4, 0.5) is 4.39 Å². The lowest BCUT2D eigenvalue weighted by Crippen LogP contribution is -2.25. The molecule has 6 heteroatoms. The predicted molar refractivity (Wildman–Crippen MR) is 112 cm³/mol. The van der Waals surface area contributed by atoms with Gasteiger partial charge in [0.05, 0.1) is 13.2 Å². The first kappa shape index (κ1) is 22.8. The maximum absolute atomic E-state index is 14.6. The Hall–Kier alpha value is -1.52. The highest BCUT2D eigenvalue weighted by Gasteiger charge is 2.39. The Morgan fingerprint density at radius 3 is 1.96 bits per heavy atom. The molecule has 1 N–H and O–H groups in total. The summed E-state index contributed by atoms with van der Waals surface area (Å²) >= 11 is 0. The lowest BCUT2D eigenvalue weighted by molar-refractivity contribution is 0.163. The van der Waals surface area contributed by atoms with E-state index in [0.717, 1.165) is 5.56 Å². The molecule has 154 valence electrons. The topological polar surface area (TPSA) is 47.6 Å². The van der Waals surface area contributed by atoms with Crippen LogP contribution in [0.2, 0.25) is 0 Å². The van der Waals surface area contributed by atoms with Crippen LogP contribution in [-0.2, 0) is 20.2 Å². The van der Waals surface area contributed by atoms with Gasteiger partial charge in [-0.2, -0.15) is 0 Å². The fourth-order valence-electron chi connectivity index (χ4n) is 2.59. The Bertz CT molecular complexity index is 751. The average molecular weight is 407 g/mol. The minimum absolute atomic E-state index is 0.173. The molecule has 2 aromatic carbocycles. The lowest BCUT2D eigenvalue weighted by Gasteiger charge is -2.29. The van der Waals surface area contributed by atoms with Crippen molar-refractivity contribution >= 4 is 7.60 Å². The molecule has 1 unspecified atom stereocenters. The highest BCUT2D eigenvalue weighted by molar-refractivity contribution is 7.54.